The lowest BCUT2D eigenvalue weighted by atomic mass is 9.72. The average molecular weight is 459 g/mol. The van der Waals surface area contributed by atoms with Crippen molar-refractivity contribution in [1.29, 1.82) is 0 Å². The van der Waals surface area contributed by atoms with Gasteiger partial charge in [-0.2, -0.15) is 0 Å². The summed E-state index contributed by atoms with van der Waals surface area (Å²) in [6.07, 6.45) is 1.79. The Morgan fingerprint density at radius 1 is 0.938 bits per heavy atom. The first-order valence-corrected chi connectivity index (χ1v) is 11.1. The highest BCUT2D eigenvalue weighted by Gasteiger charge is 2.45. The molecule has 4 rings (SSSR count). The van der Waals surface area contributed by atoms with Crippen LogP contribution in [0.3, 0.4) is 0 Å². The molecule has 2 aromatic carbocycles. The summed E-state index contributed by atoms with van der Waals surface area (Å²) in [5.41, 5.74) is 1.82. The van der Waals surface area contributed by atoms with Gasteiger partial charge in [-0.3, -0.25) is 9.88 Å². The second-order valence-electron chi connectivity index (χ2n) is 9.14. The van der Waals surface area contributed by atoms with E-state index in [1.54, 1.807) is 6.20 Å². The molecule has 0 radical (unpaired) electrons. The number of halogens is 4. The van der Waals surface area contributed by atoms with Crippen LogP contribution in [0.25, 0.3) is 0 Å². The molecule has 1 saturated heterocycles. The lowest BCUT2D eigenvalue weighted by Crippen LogP contribution is -2.53. The van der Waals surface area contributed by atoms with E-state index in [1.165, 1.54) is 26.0 Å². The number of pyridine rings is 1. The van der Waals surface area contributed by atoms with Crippen LogP contribution in [0.5, 0.6) is 0 Å². The minimum atomic E-state index is -1.62. The molecule has 0 N–H and O–H groups in total. The van der Waals surface area contributed by atoms with Gasteiger partial charge in [-0.1, -0.05) is 23.7 Å². The Hall–Kier alpha value is -2.37. The zero-order valence-corrected chi connectivity index (χ0v) is 19.1. The van der Waals surface area contributed by atoms with Gasteiger partial charge < -0.3 is 0 Å². The number of alkyl halides is 1. The molecule has 0 aliphatic carbocycles. The maximum absolute atomic E-state index is 15.3. The van der Waals surface area contributed by atoms with E-state index in [1.807, 2.05) is 43.3 Å². The molecule has 1 fully saturated rings. The van der Waals surface area contributed by atoms with E-state index in [0.717, 1.165) is 22.9 Å². The van der Waals surface area contributed by atoms with E-state index in [0.29, 0.717) is 23.7 Å². The number of likely N-dealkylation sites (tertiary alicyclic amines) is 1. The third kappa shape index (κ3) is 4.84. The van der Waals surface area contributed by atoms with Crippen molar-refractivity contribution in [2.45, 2.75) is 38.4 Å². The summed E-state index contributed by atoms with van der Waals surface area (Å²) in [5.74, 6) is -2.06. The number of benzene rings is 2. The monoisotopic (exact) mass is 458 g/mol. The molecule has 1 aliphatic rings. The summed E-state index contributed by atoms with van der Waals surface area (Å²) in [4.78, 5) is 6.57. The normalized spacial score (nSPS) is 17.1. The standard InChI is InChI=1S/C26H26ClF3N2/c1-16-10-18(8-9-31-16)25(17-4-6-21(27)7-5-17)32-14-20(15-32)24(26(2,3)30)19-11-22(28)13-23(29)12-19/h4-13,20,24-25H,14-15H2,1-3H3. The molecule has 2 heterocycles. The lowest BCUT2D eigenvalue weighted by molar-refractivity contribution is 0.00802. The minimum absolute atomic E-state index is 0.0437. The number of hydrogen-bond donors (Lipinski definition) is 0. The van der Waals surface area contributed by atoms with Crippen molar-refractivity contribution < 1.29 is 13.2 Å². The van der Waals surface area contributed by atoms with Crippen LogP contribution in [0.15, 0.2) is 60.8 Å². The van der Waals surface area contributed by atoms with Crippen LogP contribution in [0.4, 0.5) is 13.2 Å². The summed E-state index contributed by atoms with van der Waals surface area (Å²) in [7, 11) is 0. The molecule has 2 unspecified atom stereocenters. The Labute approximate surface area is 192 Å². The van der Waals surface area contributed by atoms with Crippen LogP contribution in [0.2, 0.25) is 5.02 Å². The van der Waals surface area contributed by atoms with Crippen LogP contribution in [0.1, 0.15) is 48.2 Å². The predicted octanol–water partition coefficient (Wildman–Crippen LogP) is 6.87. The van der Waals surface area contributed by atoms with Crippen LogP contribution in [-0.4, -0.2) is 28.6 Å². The molecular formula is C26H26ClF3N2. The molecular weight excluding hydrogens is 433 g/mol. The summed E-state index contributed by atoms with van der Waals surface area (Å²) in [6.45, 7) is 6.11. The van der Waals surface area contributed by atoms with Crippen LogP contribution in [0, 0.1) is 24.5 Å². The maximum atomic E-state index is 15.3. The van der Waals surface area contributed by atoms with Gasteiger partial charge in [0.25, 0.3) is 0 Å². The van der Waals surface area contributed by atoms with Crippen LogP contribution >= 0.6 is 11.6 Å². The van der Waals surface area contributed by atoms with Gasteiger partial charge in [-0.25, -0.2) is 13.2 Å². The van der Waals surface area contributed by atoms with Crippen molar-refractivity contribution in [1.82, 2.24) is 9.88 Å². The molecule has 2 atom stereocenters. The first-order valence-electron chi connectivity index (χ1n) is 10.7. The van der Waals surface area contributed by atoms with Crippen molar-refractivity contribution in [3.63, 3.8) is 0 Å². The predicted molar refractivity (Wildman–Crippen MR) is 122 cm³/mol. The molecule has 3 aromatic rings. The van der Waals surface area contributed by atoms with Crippen LogP contribution < -0.4 is 0 Å². The maximum Gasteiger partial charge on any atom is 0.126 e. The average Bonchev–Trinajstić information content (AvgIpc) is 2.66. The number of aromatic nitrogens is 1. The second-order valence-corrected chi connectivity index (χ2v) is 9.58. The van der Waals surface area contributed by atoms with E-state index in [4.69, 9.17) is 11.6 Å². The summed E-state index contributed by atoms with van der Waals surface area (Å²) in [6, 6.07) is 15.0. The van der Waals surface area contributed by atoms with Gasteiger partial charge in [-0.05, 0) is 79.8 Å². The van der Waals surface area contributed by atoms with Gasteiger partial charge in [0, 0.05) is 42.0 Å². The van der Waals surface area contributed by atoms with Crippen molar-refractivity contribution in [3.05, 3.63) is 99.8 Å². The molecule has 0 amide bonds. The first-order chi connectivity index (χ1) is 15.1. The van der Waals surface area contributed by atoms with E-state index in [2.05, 4.69) is 9.88 Å². The van der Waals surface area contributed by atoms with Gasteiger partial charge >= 0.3 is 0 Å². The number of aryl methyl sites for hydroxylation is 1. The van der Waals surface area contributed by atoms with Crippen molar-refractivity contribution in [2.24, 2.45) is 5.92 Å². The van der Waals surface area contributed by atoms with Gasteiger partial charge in [0.05, 0.1) is 6.04 Å². The summed E-state index contributed by atoms with van der Waals surface area (Å²) < 4.78 is 43.0. The highest BCUT2D eigenvalue weighted by molar-refractivity contribution is 6.30. The molecule has 2 nitrogen and oxygen atoms in total. The van der Waals surface area contributed by atoms with Gasteiger partial charge in [0.1, 0.15) is 17.3 Å². The quantitative estimate of drug-likeness (QED) is 0.400. The highest BCUT2D eigenvalue weighted by Crippen LogP contribution is 2.45. The Kier molecular flexibility index (Phi) is 6.33. The van der Waals surface area contributed by atoms with Crippen LogP contribution in [-0.2, 0) is 0 Å². The van der Waals surface area contributed by atoms with E-state index >= 15 is 4.39 Å². The fourth-order valence-electron chi connectivity index (χ4n) is 4.95. The van der Waals surface area contributed by atoms with E-state index < -0.39 is 23.2 Å². The second kappa shape index (κ2) is 8.87. The minimum Gasteiger partial charge on any atom is -0.292 e. The molecule has 0 saturated carbocycles. The van der Waals surface area contributed by atoms with Gasteiger partial charge in [-0.15, -0.1) is 0 Å². The number of rotatable bonds is 6. The van der Waals surface area contributed by atoms with Crippen molar-refractivity contribution in [2.75, 3.05) is 13.1 Å². The molecule has 1 aromatic heterocycles. The fraction of sp³-hybridized carbons (Fsp3) is 0.346. The Balaban J connectivity index is 1.64. The smallest absolute Gasteiger partial charge is 0.126 e. The molecule has 1 aliphatic heterocycles. The Bertz CT molecular complexity index is 1070. The van der Waals surface area contributed by atoms with Gasteiger partial charge in [0.2, 0.25) is 0 Å². The zero-order chi connectivity index (χ0) is 23.0. The zero-order valence-electron chi connectivity index (χ0n) is 18.3. The first kappa shape index (κ1) is 22.8. The third-order valence-electron chi connectivity index (χ3n) is 6.18. The van der Waals surface area contributed by atoms with E-state index in [9.17, 15) is 8.78 Å². The molecule has 168 valence electrons. The molecule has 6 heteroatoms. The largest absolute Gasteiger partial charge is 0.292 e. The fourth-order valence-corrected chi connectivity index (χ4v) is 5.08. The summed E-state index contributed by atoms with van der Waals surface area (Å²) in [5, 5.41) is 0.660. The molecule has 32 heavy (non-hydrogen) atoms. The lowest BCUT2D eigenvalue weighted by Gasteiger charge is -2.50. The Morgan fingerprint density at radius 2 is 1.56 bits per heavy atom. The van der Waals surface area contributed by atoms with Crippen molar-refractivity contribution >= 4 is 11.6 Å². The number of nitrogens with zero attached hydrogens (tertiary/aromatic N) is 2. The molecule has 0 spiro atoms. The highest BCUT2D eigenvalue weighted by atomic mass is 35.5. The van der Waals surface area contributed by atoms with Gasteiger partial charge in [0.15, 0.2) is 0 Å². The SMILES string of the molecule is Cc1cc(C(c2ccc(Cl)cc2)N2CC(C(c3cc(F)cc(F)c3)C(C)(C)F)C2)ccn1. The third-order valence-corrected chi connectivity index (χ3v) is 6.43. The number of hydrogen-bond acceptors (Lipinski definition) is 2. The topological polar surface area (TPSA) is 16.1 Å². The Morgan fingerprint density at radius 3 is 2.12 bits per heavy atom. The van der Waals surface area contributed by atoms with Crippen molar-refractivity contribution in [3.8, 4) is 0 Å². The van der Waals surface area contributed by atoms with E-state index in [-0.39, 0.29) is 12.0 Å². The molecule has 0 bridgehead atoms. The summed E-state index contributed by atoms with van der Waals surface area (Å²) >= 11 is 6.10.